The molecule has 0 saturated heterocycles. The van der Waals surface area contributed by atoms with Crippen molar-refractivity contribution in [3.8, 4) is 0 Å². The van der Waals surface area contributed by atoms with Crippen molar-refractivity contribution in [1.29, 1.82) is 0 Å². The van der Waals surface area contributed by atoms with Gasteiger partial charge in [0.15, 0.2) is 0 Å². The standard InChI is InChI=1S/C30H36N6O5/c1-17(2)11-25(36-28(38)22(31)12-18-14-32-23-9-5-3-7-20(18)23)29(39)34-16-27(37)35-26(30(40)41)13-19-15-33-24-10-6-4-8-21(19)24/h3-10,14-15,17,22,25-26,32-33H,11-13,16,31H2,1-2H3,(H,34,39)(H,35,37)(H,36,38)(H,40,41). The van der Waals surface area contributed by atoms with Crippen molar-refractivity contribution < 1.29 is 24.3 Å². The quantitative estimate of drug-likeness (QED) is 0.131. The maximum atomic E-state index is 13.0. The van der Waals surface area contributed by atoms with Gasteiger partial charge in [0.1, 0.15) is 12.1 Å². The Hall–Kier alpha value is -4.64. The molecule has 3 unspecified atom stereocenters. The van der Waals surface area contributed by atoms with Gasteiger partial charge in [-0.3, -0.25) is 14.4 Å². The molecule has 216 valence electrons. The fraction of sp³-hybridized carbons (Fsp3) is 0.333. The molecule has 2 heterocycles. The van der Waals surface area contributed by atoms with Crippen LogP contribution in [0.2, 0.25) is 0 Å². The maximum Gasteiger partial charge on any atom is 0.326 e. The zero-order valence-electron chi connectivity index (χ0n) is 23.1. The molecule has 0 aliphatic heterocycles. The molecule has 4 aromatic rings. The monoisotopic (exact) mass is 560 g/mol. The van der Waals surface area contributed by atoms with Gasteiger partial charge in [-0.25, -0.2) is 4.79 Å². The van der Waals surface area contributed by atoms with E-state index in [4.69, 9.17) is 5.73 Å². The number of nitrogens with one attached hydrogen (secondary N) is 5. The van der Waals surface area contributed by atoms with Crippen molar-refractivity contribution in [3.63, 3.8) is 0 Å². The van der Waals surface area contributed by atoms with Crippen molar-refractivity contribution in [2.24, 2.45) is 11.7 Å². The fourth-order valence-electron chi connectivity index (χ4n) is 4.87. The Morgan fingerprint density at radius 1 is 0.805 bits per heavy atom. The van der Waals surface area contributed by atoms with Gasteiger partial charge < -0.3 is 36.8 Å². The van der Waals surface area contributed by atoms with Crippen LogP contribution in [0, 0.1) is 5.92 Å². The third-order valence-corrected chi connectivity index (χ3v) is 6.95. The first-order valence-electron chi connectivity index (χ1n) is 13.6. The van der Waals surface area contributed by atoms with Gasteiger partial charge in [0.05, 0.1) is 12.6 Å². The average Bonchev–Trinajstić information content (AvgIpc) is 3.54. The van der Waals surface area contributed by atoms with Crippen molar-refractivity contribution >= 4 is 45.5 Å². The third kappa shape index (κ3) is 7.52. The van der Waals surface area contributed by atoms with Gasteiger partial charge in [0.25, 0.3) is 0 Å². The molecule has 0 aliphatic rings. The molecule has 0 bridgehead atoms. The highest BCUT2D eigenvalue weighted by Crippen LogP contribution is 2.20. The molecule has 0 radical (unpaired) electrons. The number of carboxylic acids is 1. The van der Waals surface area contributed by atoms with Gasteiger partial charge in [-0.2, -0.15) is 0 Å². The number of carboxylic acid groups (broad SMARTS) is 1. The van der Waals surface area contributed by atoms with Crippen LogP contribution in [0.25, 0.3) is 21.8 Å². The fourth-order valence-corrected chi connectivity index (χ4v) is 4.87. The number of H-pyrrole nitrogens is 2. The summed E-state index contributed by atoms with van der Waals surface area (Å²) < 4.78 is 0. The summed E-state index contributed by atoms with van der Waals surface area (Å²) in [5.41, 5.74) is 9.65. The number of aromatic amines is 2. The normalized spacial score (nSPS) is 13.6. The second-order valence-corrected chi connectivity index (χ2v) is 10.6. The van der Waals surface area contributed by atoms with E-state index in [1.54, 1.807) is 6.20 Å². The summed E-state index contributed by atoms with van der Waals surface area (Å²) >= 11 is 0. The van der Waals surface area contributed by atoms with Gasteiger partial charge in [0, 0.05) is 40.6 Å². The Labute approximate surface area is 237 Å². The molecular weight excluding hydrogens is 524 g/mol. The van der Waals surface area contributed by atoms with Crippen LogP contribution in [0.5, 0.6) is 0 Å². The minimum Gasteiger partial charge on any atom is -0.480 e. The van der Waals surface area contributed by atoms with Crippen molar-refractivity contribution in [2.75, 3.05) is 6.54 Å². The molecule has 0 fully saturated rings. The zero-order valence-corrected chi connectivity index (χ0v) is 23.1. The third-order valence-electron chi connectivity index (χ3n) is 6.95. The Morgan fingerprint density at radius 2 is 1.37 bits per heavy atom. The number of amides is 3. The first-order valence-corrected chi connectivity index (χ1v) is 13.6. The van der Waals surface area contributed by atoms with Gasteiger partial charge in [-0.1, -0.05) is 50.2 Å². The van der Waals surface area contributed by atoms with E-state index in [1.807, 2.05) is 68.6 Å². The number of hydrogen-bond acceptors (Lipinski definition) is 5. The van der Waals surface area contributed by atoms with Crippen molar-refractivity contribution in [2.45, 2.75) is 51.2 Å². The van der Waals surface area contributed by atoms with Crippen LogP contribution in [-0.2, 0) is 32.0 Å². The van der Waals surface area contributed by atoms with Crippen LogP contribution in [0.4, 0.5) is 0 Å². The lowest BCUT2D eigenvalue weighted by atomic mass is 10.0. The van der Waals surface area contributed by atoms with Gasteiger partial charge in [0.2, 0.25) is 17.7 Å². The van der Waals surface area contributed by atoms with Crippen LogP contribution in [0.15, 0.2) is 60.9 Å². The molecule has 3 amide bonds. The Balaban J connectivity index is 1.32. The van der Waals surface area contributed by atoms with E-state index in [0.717, 1.165) is 32.9 Å². The molecule has 2 aromatic heterocycles. The second kappa shape index (κ2) is 13.1. The predicted octanol–water partition coefficient (Wildman–Crippen LogP) is 1.98. The van der Waals surface area contributed by atoms with E-state index < -0.39 is 48.4 Å². The van der Waals surface area contributed by atoms with Crippen LogP contribution >= 0.6 is 0 Å². The summed E-state index contributed by atoms with van der Waals surface area (Å²) in [6, 6.07) is 12.2. The first kappa shape index (κ1) is 29.3. The lowest BCUT2D eigenvalue weighted by molar-refractivity contribution is -0.141. The van der Waals surface area contributed by atoms with Gasteiger partial charge >= 0.3 is 5.97 Å². The maximum absolute atomic E-state index is 13.0. The van der Waals surface area contributed by atoms with Crippen LogP contribution in [0.1, 0.15) is 31.4 Å². The molecule has 11 nitrogen and oxygen atoms in total. The summed E-state index contributed by atoms with van der Waals surface area (Å²) in [7, 11) is 0. The van der Waals surface area contributed by atoms with Crippen molar-refractivity contribution in [1.82, 2.24) is 25.9 Å². The van der Waals surface area contributed by atoms with E-state index in [9.17, 15) is 24.3 Å². The predicted molar refractivity (Wildman–Crippen MR) is 156 cm³/mol. The highest BCUT2D eigenvalue weighted by molar-refractivity contribution is 5.93. The number of benzene rings is 2. The Bertz CT molecular complexity index is 1540. The lowest BCUT2D eigenvalue weighted by Gasteiger charge is -2.22. The SMILES string of the molecule is CC(C)CC(NC(=O)C(N)Cc1c[nH]c2ccccc12)C(=O)NCC(=O)NC(Cc1c[nH]c2ccccc12)C(=O)O. The number of fused-ring (bicyclic) bond motifs is 2. The van der Waals surface area contributed by atoms with Gasteiger partial charge in [-0.15, -0.1) is 0 Å². The summed E-state index contributed by atoms with van der Waals surface area (Å²) in [6.07, 6.45) is 4.21. The minimum absolute atomic E-state index is 0.0669. The highest BCUT2D eigenvalue weighted by Gasteiger charge is 2.27. The van der Waals surface area contributed by atoms with E-state index >= 15 is 0 Å². The molecule has 4 rings (SSSR count). The van der Waals surface area contributed by atoms with Crippen LogP contribution in [-0.4, -0.2) is 63.4 Å². The zero-order chi connectivity index (χ0) is 29.5. The number of hydrogen-bond donors (Lipinski definition) is 7. The Morgan fingerprint density at radius 3 is 1.93 bits per heavy atom. The summed E-state index contributed by atoms with van der Waals surface area (Å²) in [5.74, 6) is -2.81. The summed E-state index contributed by atoms with van der Waals surface area (Å²) in [5, 5.41) is 19.3. The lowest BCUT2D eigenvalue weighted by Crippen LogP contribution is -2.54. The molecule has 8 N–H and O–H groups in total. The molecule has 0 aliphatic carbocycles. The number of carbonyl (C=O) groups excluding carboxylic acids is 3. The number of nitrogens with two attached hydrogens (primary N) is 1. The number of aliphatic carboxylic acids is 1. The van der Waals surface area contributed by atoms with E-state index in [-0.39, 0.29) is 18.8 Å². The largest absolute Gasteiger partial charge is 0.480 e. The molecule has 41 heavy (non-hydrogen) atoms. The van der Waals surface area contributed by atoms with Crippen LogP contribution in [0.3, 0.4) is 0 Å². The highest BCUT2D eigenvalue weighted by atomic mass is 16.4. The average molecular weight is 561 g/mol. The molecule has 2 aromatic carbocycles. The smallest absolute Gasteiger partial charge is 0.326 e. The summed E-state index contributed by atoms with van der Waals surface area (Å²) in [4.78, 5) is 56.6. The van der Waals surface area contributed by atoms with Crippen LogP contribution < -0.4 is 21.7 Å². The summed E-state index contributed by atoms with van der Waals surface area (Å²) in [6.45, 7) is 3.38. The van der Waals surface area contributed by atoms with E-state index in [0.29, 0.717) is 6.42 Å². The minimum atomic E-state index is -1.19. The van der Waals surface area contributed by atoms with Gasteiger partial charge in [-0.05, 0) is 42.0 Å². The molecule has 0 saturated carbocycles. The van der Waals surface area contributed by atoms with Crippen molar-refractivity contribution in [3.05, 3.63) is 72.1 Å². The first-order chi connectivity index (χ1) is 19.6. The number of aromatic nitrogens is 2. The molecular formula is C30H36N6O5. The number of para-hydroxylation sites is 2. The number of carbonyl (C=O) groups is 4. The van der Waals surface area contributed by atoms with E-state index in [2.05, 4.69) is 25.9 Å². The Kier molecular flexibility index (Phi) is 9.41. The van der Waals surface area contributed by atoms with E-state index in [1.165, 1.54) is 0 Å². The topological polar surface area (TPSA) is 182 Å². The molecule has 11 heteroatoms. The molecule has 3 atom stereocenters. The molecule has 0 spiro atoms. The number of rotatable bonds is 13. The second-order valence-electron chi connectivity index (χ2n) is 10.6.